The zero-order valence-electron chi connectivity index (χ0n) is 13.5. The van der Waals surface area contributed by atoms with Crippen LogP contribution in [0, 0.1) is 17.5 Å². The number of anilines is 1. The maximum absolute atomic E-state index is 13.9. The smallest absolute Gasteiger partial charge is 0.252 e. The van der Waals surface area contributed by atoms with Crippen molar-refractivity contribution >= 4 is 27.0 Å². The lowest BCUT2D eigenvalue weighted by molar-refractivity contribution is 0.381. The summed E-state index contributed by atoms with van der Waals surface area (Å²) in [4.78, 5) is 2.51. The topological polar surface area (TPSA) is 40.6 Å². The molecule has 4 nitrogen and oxygen atoms in total. The van der Waals surface area contributed by atoms with Gasteiger partial charge >= 0.3 is 0 Å². The first-order valence-electron chi connectivity index (χ1n) is 7.82. The van der Waals surface area contributed by atoms with E-state index in [-0.39, 0.29) is 36.1 Å². The predicted molar refractivity (Wildman–Crippen MR) is 91.0 cm³/mol. The number of aryl methyl sites for hydroxylation is 1. The molecule has 1 aromatic carbocycles. The fourth-order valence-electron chi connectivity index (χ4n) is 2.74. The summed E-state index contributed by atoms with van der Waals surface area (Å²) < 4.78 is 67.3. The summed E-state index contributed by atoms with van der Waals surface area (Å²) >= 11 is 1.24. The molecule has 0 atom stereocenters. The van der Waals surface area contributed by atoms with Crippen LogP contribution >= 0.6 is 11.3 Å². The molecule has 0 unspecified atom stereocenters. The SMILES string of the molecule is CCc1ccc(S(=O)(=O)N2CCN(c3ccc(F)c(F)c3F)CC2)s1. The monoisotopic (exact) mass is 390 g/mol. The fraction of sp³-hybridized carbons (Fsp3) is 0.375. The molecule has 1 aliphatic heterocycles. The predicted octanol–water partition coefficient (Wildman–Crippen LogP) is 3.24. The first-order valence-corrected chi connectivity index (χ1v) is 10.1. The third-order valence-corrected chi connectivity index (χ3v) is 7.77. The van der Waals surface area contributed by atoms with Crippen LogP contribution in [-0.4, -0.2) is 38.9 Å². The number of piperazine rings is 1. The van der Waals surface area contributed by atoms with E-state index in [2.05, 4.69) is 0 Å². The van der Waals surface area contributed by atoms with E-state index in [1.165, 1.54) is 26.6 Å². The van der Waals surface area contributed by atoms with Crippen molar-refractivity contribution in [3.8, 4) is 0 Å². The molecule has 0 bridgehead atoms. The maximum atomic E-state index is 13.9. The molecule has 1 aliphatic rings. The minimum absolute atomic E-state index is 0.0552. The number of rotatable bonds is 4. The van der Waals surface area contributed by atoms with Crippen LogP contribution in [-0.2, 0) is 16.4 Å². The number of benzene rings is 1. The lowest BCUT2D eigenvalue weighted by atomic mass is 10.2. The van der Waals surface area contributed by atoms with Crippen LogP contribution in [0.5, 0.6) is 0 Å². The van der Waals surface area contributed by atoms with E-state index in [9.17, 15) is 21.6 Å². The van der Waals surface area contributed by atoms with Gasteiger partial charge in [0.2, 0.25) is 0 Å². The van der Waals surface area contributed by atoms with Gasteiger partial charge in [0.1, 0.15) is 4.21 Å². The number of nitrogens with zero attached hydrogens (tertiary/aromatic N) is 2. The van der Waals surface area contributed by atoms with Gasteiger partial charge in [0.25, 0.3) is 10.0 Å². The second kappa shape index (κ2) is 6.97. The summed E-state index contributed by atoms with van der Waals surface area (Å²) in [6.07, 6.45) is 0.767. The van der Waals surface area contributed by atoms with Crippen LogP contribution in [0.3, 0.4) is 0 Å². The second-order valence-electron chi connectivity index (χ2n) is 5.66. The van der Waals surface area contributed by atoms with Gasteiger partial charge in [-0.25, -0.2) is 21.6 Å². The van der Waals surface area contributed by atoms with Gasteiger partial charge in [0.15, 0.2) is 17.5 Å². The largest absolute Gasteiger partial charge is 0.366 e. The van der Waals surface area contributed by atoms with E-state index in [0.717, 1.165) is 17.4 Å². The Kier molecular flexibility index (Phi) is 5.08. The number of thiophene rings is 1. The van der Waals surface area contributed by atoms with E-state index in [0.29, 0.717) is 0 Å². The summed E-state index contributed by atoms with van der Waals surface area (Å²) in [6, 6.07) is 5.43. The van der Waals surface area contributed by atoms with Crippen LogP contribution in [0.25, 0.3) is 0 Å². The van der Waals surface area contributed by atoms with Gasteiger partial charge < -0.3 is 4.90 Å². The van der Waals surface area contributed by atoms with Crippen molar-refractivity contribution in [2.75, 3.05) is 31.1 Å². The molecule has 1 saturated heterocycles. The summed E-state index contributed by atoms with van der Waals surface area (Å²) in [5, 5.41) is 0. The highest BCUT2D eigenvalue weighted by Gasteiger charge is 2.31. The minimum Gasteiger partial charge on any atom is -0.366 e. The highest BCUT2D eigenvalue weighted by Crippen LogP contribution is 2.28. The van der Waals surface area contributed by atoms with Gasteiger partial charge in [0, 0.05) is 31.1 Å². The van der Waals surface area contributed by atoms with Crippen molar-refractivity contribution in [1.82, 2.24) is 4.31 Å². The van der Waals surface area contributed by atoms with E-state index in [1.54, 1.807) is 12.1 Å². The Morgan fingerprint density at radius 2 is 1.68 bits per heavy atom. The van der Waals surface area contributed by atoms with Crippen molar-refractivity contribution < 1.29 is 21.6 Å². The van der Waals surface area contributed by atoms with Gasteiger partial charge in [-0.15, -0.1) is 11.3 Å². The van der Waals surface area contributed by atoms with Crippen LogP contribution in [0.15, 0.2) is 28.5 Å². The Morgan fingerprint density at radius 1 is 1.00 bits per heavy atom. The maximum Gasteiger partial charge on any atom is 0.252 e. The van der Waals surface area contributed by atoms with Crippen molar-refractivity contribution in [2.45, 2.75) is 17.6 Å². The van der Waals surface area contributed by atoms with Crippen molar-refractivity contribution in [1.29, 1.82) is 0 Å². The molecule has 25 heavy (non-hydrogen) atoms. The second-order valence-corrected chi connectivity index (χ2v) is 8.99. The van der Waals surface area contributed by atoms with Gasteiger partial charge in [0.05, 0.1) is 5.69 Å². The van der Waals surface area contributed by atoms with Crippen LogP contribution in [0.1, 0.15) is 11.8 Å². The molecule has 0 aliphatic carbocycles. The van der Waals surface area contributed by atoms with Gasteiger partial charge in [-0.05, 0) is 30.7 Å². The van der Waals surface area contributed by atoms with Crippen molar-refractivity contribution in [2.24, 2.45) is 0 Å². The number of sulfonamides is 1. The molecule has 1 fully saturated rings. The number of hydrogen-bond donors (Lipinski definition) is 0. The van der Waals surface area contributed by atoms with E-state index >= 15 is 0 Å². The summed E-state index contributed by atoms with van der Waals surface area (Å²) in [5.41, 5.74) is -0.0552. The quantitative estimate of drug-likeness (QED) is 0.753. The molecule has 136 valence electrons. The lowest BCUT2D eigenvalue weighted by Gasteiger charge is -2.35. The summed E-state index contributed by atoms with van der Waals surface area (Å²) in [6.45, 7) is 2.66. The lowest BCUT2D eigenvalue weighted by Crippen LogP contribution is -2.48. The Labute approximate surface area is 148 Å². The fourth-order valence-corrected chi connectivity index (χ4v) is 5.62. The first kappa shape index (κ1) is 18.2. The molecular weight excluding hydrogens is 373 g/mol. The normalized spacial score (nSPS) is 16.4. The van der Waals surface area contributed by atoms with E-state index in [4.69, 9.17) is 0 Å². The molecule has 0 saturated carbocycles. The molecular formula is C16H17F3N2O2S2. The highest BCUT2D eigenvalue weighted by molar-refractivity contribution is 7.91. The molecule has 0 radical (unpaired) electrons. The first-order chi connectivity index (χ1) is 11.8. The van der Waals surface area contributed by atoms with Crippen LogP contribution in [0.2, 0.25) is 0 Å². The summed E-state index contributed by atoms with van der Waals surface area (Å²) in [7, 11) is -3.58. The molecule has 1 aromatic heterocycles. The average Bonchev–Trinajstić information content (AvgIpc) is 3.10. The van der Waals surface area contributed by atoms with E-state index < -0.39 is 27.5 Å². The molecule has 0 N–H and O–H groups in total. The molecule has 2 heterocycles. The Bertz CT molecular complexity index is 876. The Balaban J connectivity index is 1.74. The summed E-state index contributed by atoms with van der Waals surface area (Å²) in [5.74, 6) is -4.01. The zero-order valence-corrected chi connectivity index (χ0v) is 15.1. The molecule has 2 aromatic rings. The average molecular weight is 390 g/mol. The Morgan fingerprint density at radius 3 is 2.28 bits per heavy atom. The van der Waals surface area contributed by atoms with Crippen molar-refractivity contribution in [3.63, 3.8) is 0 Å². The van der Waals surface area contributed by atoms with Gasteiger partial charge in [-0.1, -0.05) is 6.92 Å². The number of hydrogen-bond acceptors (Lipinski definition) is 4. The molecule has 0 amide bonds. The van der Waals surface area contributed by atoms with Crippen molar-refractivity contribution in [3.05, 3.63) is 46.6 Å². The highest BCUT2D eigenvalue weighted by atomic mass is 32.2. The third-order valence-electron chi connectivity index (χ3n) is 4.17. The van der Waals surface area contributed by atoms with Crippen LogP contribution < -0.4 is 4.90 Å². The van der Waals surface area contributed by atoms with Gasteiger partial charge in [-0.2, -0.15) is 4.31 Å². The molecule has 0 spiro atoms. The van der Waals surface area contributed by atoms with Crippen LogP contribution in [0.4, 0.5) is 18.9 Å². The minimum atomic E-state index is -3.58. The Hall–Kier alpha value is -1.58. The zero-order chi connectivity index (χ0) is 18.2. The molecule has 3 rings (SSSR count). The van der Waals surface area contributed by atoms with E-state index in [1.807, 2.05) is 6.92 Å². The van der Waals surface area contributed by atoms with Gasteiger partial charge in [-0.3, -0.25) is 0 Å². The standard InChI is InChI=1S/C16H17F3N2O2S2/c1-2-11-3-6-14(24-11)25(22,23)21-9-7-20(8-10-21)13-5-4-12(17)15(18)16(13)19/h3-6H,2,7-10H2,1H3. The number of halogens is 3. The third kappa shape index (κ3) is 3.40. The molecule has 9 heteroatoms.